The molecule has 2 atom stereocenters. The SMILES string of the molecule is CC/C=C\CCC1=CC[C@]2(C(=O)OC)CC[C@H]1C2. The molecule has 0 radical (unpaired) electrons. The van der Waals surface area contributed by atoms with Crippen molar-refractivity contribution in [3.05, 3.63) is 23.8 Å². The first-order valence-corrected chi connectivity index (χ1v) is 7.14. The van der Waals surface area contributed by atoms with Gasteiger partial charge in [0, 0.05) is 0 Å². The summed E-state index contributed by atoms with van der Waals surface area (Å²) < 4.78 is 4.98. The third-order valence-electron chi connectivity index (χ3n) is 4.51. The summed E-state index contributed by atoms with van der Waals surface area (Å²) in [5.74, 6) is 0.638. The number of hydrogen-bond acceptors (Lipinski definition) is 2. The number of methoxy groups -OCH3 is 1. The van der Waals surface area contributed by atoms with Gasteiger partial charge in [0.2, 0.25) is 0 Å². The minimum atomic E-state index is -0.178. The van der Waals surface area contributed by atoms with Crippen molar-refractivity contribution in [3.8, 4) is 0 Å². The van der Waals surface area contributed by atoms with Gasteiger partial charge in [-0.05, 0) is 50.9 Å². The first-order chi connectivity index (χ1) is 8.72. The fraction of sp³-hybridized carbons (Fsp3) is 0.688. The van der Waals surface area contributed by atoms with E-state index in [1.165, 1.54) is 20.0 Å². The lowest BCUT2D eigenvalue weighted by Crippen LogP contribution is -2.31. The van der Waals surface area contributed by atoms with Gasteiger partial charge in [-0.1, -0.05) is 30.7 Å². The number of fused-ring (bicyclic) bond motifs is 2. The van der Waals surface area contributed by atoms with Crippen LogP contribution < -0.4 is 0 Å². The number of carbonyl (C=O) groups excluding carboxylic acids is 1. The van der Waals surface area contributed by atoms with Gasteiger partial charge >= 0.3 is 5.97 Å². The number of allylic oxidation sites excluding steroid dienone is 4. The van der Waals surface area contributed by atoms with Crippen LogP contribution in [0.3, 0.4) is 0 Å². The quantitative estimate of drug-likeness (QED) is 0.542. The number of esters is 1. The van der Waals surface area contributed by atoms with Crippen LogP contribution in [-0.2, 0) is 9.53 Å². The Morgan fingerprint density at radius 1 is 1.56 bits per heavy atom. The fourth-order valence-electron chi connectivity index (χ4n) is 3.45. The van der Waals surface area contributed by atoms with Crippen LogP contribution in [0.2, 0.25) is 0 Å². The molecule has 0 aliphatic heterocycles. The van der Waals surface area contributed by atoms with E-state index in [0.29, 0.717) is 5.92 Å². The number of carbonyl (C=O) groups is 1. The van der Waals surface area contributed by atoms with Gasteiger partial charge in [0.15, 0.2) is 0 Å². The van der Waals surface area contributed by atoms with Crippen LogP contribution >= 0.6 is 0 Å². The van der Waals surface area contributed by atoms with Gasteiger partial charge in [0.1, 0.15) is 0 Å². The van der Waals surface area contributed by atoms with Crippen LogP contribution in [0.1, 0.15) is 51.9 Å². The topological polar surface area (TPSA) is 26.3 Å². The molecule has 2 rings (SSSR count). The molecule has 0 unspecified atom stereocenters. The molecular formula is C16H24O2. The molecule has 0 aromatic heterocycles. The third kappa shape index (κ3) is 2.52. The average molecular weight is 248 g/mol. The first kappa shape index (κ1) is 13.4. The van der Waals surface area contributed by atoms with Crippen LogP contribution in [0.5, 0.6) is 0 Å². The lowest BCUT2D eigenvalue weighted by atomic mass is 9.75. The number of rotatable bonds is 5. The molecule has 18 heavy (non-hydrogen) atoms. The van der Waals surface area contributed by atoms with E-state index in [9.17, 15) is 4.79 Å². The summed E-state index contributed by atoms with van der Waals surface area (Å²) >= 11 is 0. The second kappa shape index (κ2) is 5.73. The molecule has 2 bridgehead atoms. The Bertz CT molecular complexity index is 367. The van der Waals surface area contributed by atoms with Gasteiger partial charge in [0.05, 0.1) is 12.5 Å². The molecular weight excluding hydrogens is 224 g/mol. The normalized spacial score (nSPS) is 30.6. The summed E-state index contributed by atoms with van der Waals surface area (Å²) in [5.41, 5.74) is 1.40. The highest BCUT2D eigenvalue weighted by atomic mass is 16.5. The van der Waals surface area contributed by atoms with Crippen molar-refractivity contribution in [1.29, 1.82) is 0 Å². The Kier molecular flexibility index (Phi) is 4.26. The Morgan fingerprint density at radius 3 is 3.11 bits per heavy atom. The van der Waals surface area contributed by atoms with Gasteiger partial charge < -0.3 is 4.74 Å². The highest BCUT2D eigenvalue weighted by Crippen LogP contribution is 2.52. The molecule has 2 aliphatic carbocycles. The van der Waals surface area contributed by atoms with E-state index in [1.807, 2.05) is 0 Å². The zero-order valence-electron chi connectivity index (χ0n) is 11.6. The maximum absolute atomic E-state index is 11.9. The third-order valence-corrected chi connectivity index (χ3v) is 4.51. The minimum Gasteiger partial charge on any atom is -0.469 e. The van der Waals surface area contributed by atoms with Gasteiger partial charge in [-0.3, -0.25) is 4.79 Å². The molecule has 0 saturated heterocycles. The largest absolute Gasteiger partial charge is 0.469 e. The van der Waals surface area contributed by atoms with Crippen molar-refractivity contribution in [1.82, 2.24) is 0 Å². The van der Waals surface area contributed by atoms with E-state index in [4.69, 9.17) is 4.74 Å². The molecule has 0 spiro atoms. The first-order valence-electron chi connectivity index (χ1n) is 7.14. The van der Waals surface area contributed by atoms with Crippen LogP contribution in [0.25, 0.3) is 0 Å². The fourth-order valence-corrected chi connectivity index (χ4v) is 3.45. The van der Waals surface area contributed by atoms with Crippen molar-refractivity contribution >= 4 is 5.97 Å². The van der Waals surface area contributed by atoms with E-state index in [2.05, 4.69) is 25.2 Å². The molecule has 0 aromatic carbocycles. The maximum Gasteiger partial charge on any atom is 0.312 e. The smallest absolute Gasteiger partial charge is 0.312 e. The summed E-state index contributed by atoms with van der Waals surface area (Å²) in [6, 6.07) is 0. The van der Waals surface area contributed by atoms with E-state index >= 15 is 0 Å². The molecule has 2 nitrogen and oxygen atoms in total. The van der Waals surface area contributed by atoms with Crippen LogP contribution in [-0.4, -0.2) is 13.1 Å². The molecule has 2 aliphatic rings. The van der Waals surface area contributed by atoms with Crippen LogP contribution in [0.15, 0.2) is 23.8 Å². The molecule has 1 saturated carbocycles. The van der Waals surface area contributed by atoms with E-state index in [1.54, 1.807) is 5.57 Å². The minimum absolute atomic E-state index is 0.00572. The number of ether oxygens (including phenoxy) is 1. The Hall–Kier alpha value is -1.05. The molecule has 2 heteroatoms. The molecule has 1 fully saturated rings. The summed E-state index contributed by atoms with van der Waals surface area (Å²) in [6.45, 7) is 2.16. The van der Waals surface area contributed by atoms with Crippen molar-refractivity contribution < 1.29 is 9.53 Å². The summed E-state index contributed by atoms with van der Waals surface area (Å²) in [5, 5.41) is 0. The van der Waals surface area contributed by atoms with Crippen molar-refractivity contribution in [2.24, 2.45) is 11.3 Å². The molecule has 0 amide bonds. The predicted molar refractivity (Wildman–Crippen MR) is 73.2 cm³/mol. The Morgan fingerprint density at radius 2 is 2.39 bits per heavy atom. The van der Waals surface area contributed by atoms with E-state index in [0.717, 1.165) is 32.1 Å². The zero-order valence-corrected chi connectivity index (χ0v) is 11.6. The van der Waals surface area contributed by atoms with Gasteiger partial charge in [-0.15, -0.1) is 0 Å². The van der Waals surface area contributed by atoms with Gasteiger partial charge in [0.25, 0.3) is 0 Å². The molecule has 0 aromatic rings. The van der Waals surface area contributed by atoms with Crippen LogP contribution in [0, 0.1) is 11.3 Å². The van der Waals surface area contributed by atoms with Gasteiger partial charge in [-0.2, -0.15) is 0 Å². The highest BCUT2D eigenvalue weighted by molar-refractivity contribution is 5.78. The Balaban J connectivity index is 1.96. The van der Waals surface area contributed by atoms with Gasteiger partial charge in [-0.25, -0.2) is 0 Å². The molecule has 0 heterocycles. The number of hydrogen-bond donors (Lipinski definition) is 0. The summed E-state index contributed by atoms with van der Waals surface area (Å²) in [6.07, 6.45) is 14.3. The highest BCUT2D eigenvalue weighted by Gasteiger charge is 2.48. The zero-order chi connectivity index (χ0) is 13.0. The van der Waals surface area contributed by atoms with E-state index in [-0.39, 0.29) is 11.4 Å². The lowest BCUT2D eigenvalue weighted by Gasteiger charge is -2.29. The van der Waals surface area contributed by atoms with Crippen molar-refractivity contribution in [3.63, 3.8) is 0 Å². The monoisotopic (exact) mass is 248 g/mol. The molecule has 0 N–H and O–H groups in total. The second-order valence-corrected chi connectivity index (χ2v) is 5.61. The second-order valence-electron chi connectivity index (χ2n) is 5.61. The van der Waals surface area contributed by atoms with E-state index < -0.39 is 0 Å². The summed E-state index contributed by atoms with van der Waals surface area (Å²) in [4.78, 5) is 11.9. The predicted octanol–water partition coefficient (Wildman–Crippen LogP) is 4.02. The average Bonchev–Trinajstić information content (AvgIpc) is 2.76. The Labute approximate surface area is 110 Å². The van der Waals surface area contributed by atoms with Crippen molar-refractivity contribution in [2.45, 2.75) is 51.9 Å². The molecule has 100 valence electrons. The lowest BCUT2D eigenvalue weighted by molar-refractivity contribution is -0.152. The summed E-state index contributed by atoms with van der Waals surface area (Å²) in [7, 11) is 1.51. The van der Waals surface area contributed by atoms with Crippen LogP contribution in [0.4, 0.5) is 0 Å². The maximum atomic E-state index is 11.9. The standard InChI is InChI=1S/C16H24O2/c1-3-4-5-6-7-13-8-10-16(15(17)18-2)11-9-14(13)12-16/h4-5,8,14H,3,6-7,9-12H2,1-2H3/b5-4-/t14-,16-/m0/s1. The van der Waals surface area contributed by atoms with Crippen molar-refractivity contribution in [2.75, 3.05) is 7.11 Å².